The van der Waals surface area contributed by atoms with Crippen LogP contribution in [0.25, 0.3) is 0 Å². The second-order valence-corrected chi connectivity index (χ2v) is 6.81. The molecule has 0 aliphatic heterocycles. The summed E-state index contributed by atoms with van der Waals surface area (Å²) in [6.45, 7) is 3.72. The topological polar surface area (TPSA) is 102 Å². The third kappa shape index (κ3) is 5.41. The number of ether oxygens (including phenoxy) is 1. The van der Waals surface area contributed by atoms with Gasteiger partial charge in [0.1, 0.15) is 17.7 Å². The van der Waals surface area contributed by atoms with Crippen molar-refractivity contribution in [2.45, 2.75) is 26.3 Å². The summed E-state index contributed by atoms with van der Waals surface area (Å²) in [4.78, 5) is 26.3. The normalized spacial score (nSPS) is 11.6. The number of amides is 2. The van der Waals surface area contributed by atoms with Crippen molar-refractivity contribution in [2.75, 3.05) is 23.9 Å². The Morgan fingerprint density at radius 1 is 1.16 bits per heavy atom. The first-order valence-corrected chi connectivity index (χ1v) is 9.69. The van der Waals surface area contributed by atoms with Gasteiger partial charge in [-0.15, -0.1) is 5.10 Å². The van der Waals surface area contributed by atoms with Gasteiger partial charge in [-0.25, -0.2) is 13.9 Å². The first-order chi connectivity index (χ1) is 14.9. The van der Waals surface area contributed by atoms with Crippen LogP contribution in [0.1, 0.15) is 24.4 Å². The Morgan fingerprint density at radius 3 is 2.42 bits per heavy atom. The number of tetrazole rings is 1. The van der Waals surface area contributed by atoms with Crippen LogP contribution in [0, 0.1) is 12.7 Å². The maximum atomic E-state index is 13.2. The number of aromatic nitrogens is 4. The minimum atomic E-state index is -0.734. The number of anilines is 2. The SMILES string of the molecule is CCOC(=O)N(C)c1ccc(NC(=O)C(Cc2ccc(F)cc2)n2nnnc2C)cc1. The van der Waals surface area contributed by atoms with Gasteiger partial charge in [-0.2, -0.15) is 0 Å². The molecule has 1 atom stereocenters. The van der Waals surface area contributed by atoms with Crippen molar-refractivity contribution in [3.05, 3.63) is 65.7 Å². The van der Waals surface area contributed by atoms with Gasteiger partial charge in [0.25, 0.3) is 0 Å². The molecule has 0 saturated carbocycles. The van der Waals surface area contributed by atoms with Crippen molar-refractivity contribution in [1.82, 2.24) is 20.2 Å². The summed E-state index contributed by atoms with van der Waals surface area (Å²) in [6, 6.07) is 12.0. The molecule has 162 valence electrons. The summed E-state index contributed by atoms with van der Waals surface area (Å²) in [5, 5.41) is 14.3. The minimum absolute atomic E-state index is 0.279. The molecule has 0 bridgehead atoms. The molecule has 2 amide bonds. The lowest BCUT2D eigenvalue weighted by atomic mass is 10.0. The fourth-order valence-electron chi connectivity index (χ4n) is 2.98. The quantitative estimate of drug-likeness (QED) is 0.623. The van der Waals surface area contributed by atoms with E-state index >= 15 is 0 Å². The summed E-state index contributed by atoms with van der Waals surface area (Å²) >= 11 is 0. The molecular formula is C21H23FN6O3. The van der Waals surface area contributed by atoms with Crippen LogP contribution in [-0.4, -0.2) is 45.9 Å². The Kier molecular flexibility index (Phi) is 6.91. The fraction of sp³-hybridized carbons (Fsp3) is 0.286. The van der Waals surface area contributed by atoms with Crippen LogP contribution < -0.4 is 10.2 Å². The van der Waals surface area contributed by atoms with Crippen molar-refractivity contribution in [1.29, 1.82) is 0 Å². The van der Waals surface area contributed by atoms with Gasteiger partial charge in [-0.3, -0.25) is 9.69 Å². The van der Waals surface area contributed by atoms with Gasteiger partial charge >= 0.3 is 6.09 Å². The maximum Gasteiger partial charge on any atom is 0.413 e. The van der Waals surface area contributed by atoms with E-state index in [1.807, 2.05) is 0 Å². The fourth-order valence-corrected chi connectivity index (χ4v) is 2.98. The average Bonchev–Trinajstić information content (AvgIpc) is 3.19. The van der Waals surface area contributed by atoms with E-state index in [2.05, 4.69) is 20.8 Å². The molecule has 0 aliphatic rings. The number of hydrogen-bond acceptors (Lipinski definition) is 6. The standard InChI is InChI=1S/C21H23FN6O3/c1-4-31-21(30)27(3)18-11-9-17(10-12-18)23-20(29)19(28-14(2)24-25-26-28)13-15-5-7-16(22)8-6-15/h5-12,19H,4,13H2,1-3H3,(H,23,29). The molecule has 2 aromatic carbocycles. The zero-order valence-corrected chi connectivity index (χ0v) is 17.4. The number of nitrogens with one attached hydrogen (secondary N) is 1. The van der Waals surface area contributed by atoms with E-state index in [0.29, 0.717) is 17.2 Å². The first-order valence-electron chi connectivity index (χ1n) is 9.69. The largest absolute Gasteiger partial charge is 0.449 e. The Hall–Kier alpha value is -3.82. The Labute approximate surface area is 178 Å². The molecule has 9 nitrogen and oxygen atoms in total. The molecule has 3 rings (SSSR count). The summed E-state index contributed by atoms with van der Waals surface area (Å²) < 4.78 is 19.6. The molecule has 3 aromatic rings. The molecule has 1 heterocycles. The van der Waals surface area contributed by atoms with Gasteiger partial charge in [-0.1, -0.05) is 12.1 Å². The van der Waals surface area contributed by atoms with E-state index in [4.69, 9.17) is 4.74 Å². The predicted molar refractivity (Wildman–Crippen MR) is 112 cm³/mol. The lowest BCUT2D eigenvalue weighted by Crippen LogP contribution is -2.29. The highest BCUT2D eigenvalue weighted by Crippen LogP contribution is 2.21. The molecule has 0 radical (unpaired) electrons. The number of rotatable bonds is 7. The minimum Gasteiger partial charge on any atom is -0.449 e. The van der Waals surface area contributed by atoms with Gasteiger partial charge in [0, 0.05) is 24.8 Å². The van der Waals surface area contributed by atoms with Crippen LogP contribution in [0.5, 0.6) is 0 Å². The Morgan fingerprint density at radius 2 is 1.84 bits per heavy atom. The highest BCUT2D eigenvalue weighted by molar-refractivity contribution is 5.94. The molecule has 0 saturated heterocycles. The Bertz CT molecular complexity index is 1040. The molecule has 0 fully saturated rings. The van der Waals surface area contributed by atoms with Gasteiger partial charge in [0.15, 0.2) is 0 Å². The number of aryl methyl sites for hydroxylation is 1. The van der Waals surface area contributed by atoms with E-state index in [1.165, 1.54) is 21.7 Å². The smallest absolute Gasteiger partial charge is 0.413 e. The lowest BCUT2D eigenvalue weighted by molar-refractivity contribution is -0.119. The summed E-state index contributed by atoms with van der Waals surface area (Å²) in [6.07, 6.45) is -0.186. The second kappa shape index (κ2) is 9.79. The number of nitrogens with zero attached hydrogens (tertiary/aromatic N) is 5. The lowest BCUT2D eigenvalue weighted by Gasteiger charge is -2.19. The highest BCUT2D eigenvalue weighted by atomic mass is 19.1. The molecule has 0 aliphatic carbocycles. The number of halogens is 1. The van der Waals surface area contributed by atoms with E-state index in [1.54, 1.807) is 57.3 Å². The summed E-state index contributed by atoms with van der Waals surface area (Å²) in [7, 11) is 1.60. The number of carbonyl (C=O) groups excluding carboxylic acids is 2. The van der Waals surface area contributed by atoms with Crippen molar-refractivity contribution >= 4 is 23.4 Å². The van der Waals surface area contributed by atoms with Crippen molar-refractivity contribution in [3.8, 4) is 0 Å². The predicted octanol–water partition coefficient (Wildman–Crippen LogP) is 3.14. The molecule has 1 unspecified atom stereocenters. The van der Waals surface area contributed by atoms with E-state index < -0.39 is 12.1 Å². The molecule has 0 spiro atoms. The third-order valence-corrected chi connectivity index (χ3v) is 4.66. The molecule has 1 N–H and O–H groups in total. The molecule has 31 heavy (non-hydrogen) atoms. The maximum absolute atomic E-state index is 13.2. The van der Waals surface area contributed by atoms with Crippen LogP contribution in [-0.2, 0) is 16.0 Å². The van der Waals surface area contributed by atoms with Gasteiger partial charge in [0.2, 0.25) is 5.91 Å². The monoisotopic (exact) mass is 426 g/mol. The van der Waals surface area contributed by atoms with Crippen LogP contribution in [0.15, 0.2) is 48.5 Å². The van der Waals surface area contributed by atoms with Crippen LogP contribution in [0.2, 0.25) is 0 Å². The van der Waals surface area contributed by atoms with E-state index in [-0.39, 0.29) is 24.8 Å². The zero-order valence-electron chi connectivity index (χ0n) is 17.4. The van der Waals surface area contributed by atoms with Crippen molar-refractivity contribution in [3.63, 3.8) is 0 Å². The number of benzene rings is 2. The van der Waals surface area contributed by atoms with Gasteiger partial charge in [-0.05, 0) is 66.2 Å². The highest BCUT2D eigenvalue weighted by Gasteiger charge is 2.24. The second-order valence-electron chi connectivity index (χ2n) is 6.81. The van der Waals surface area contributed by atoms with Gasteiger partial charge < -0.3 is 10.1 Å². The van der Waals surface area contributed by atoms with Gasteiger partial charge in [0.05, 0.1) is 6.61 Å². The summed E-state index contributed by atoms with van der Waals surface area (Å²) in [5.74, 6) is -0.198. The molecule has 10 heteroatoms. The number of hydrogen-bond donors (Lipinski definition) is 1. The van der Waals surface area contributed by atoms with Crippen LogP contribution in [0.3, 0.4) is 0 Å². The third-order valence-electron chi connectivity index (χ3n) is 4.66. The first kappa shape index (κ1) is 21.9. The molecule has 1 aromatic heterocycles. The van der Waals surface area contributed by atoms with Crippen molar-refractivity contribution in [2.24, 2.45) is 0 Å². The van der Waals surface area contributed by atoms with E-state index in [9.17, 15) is 14.0 Å². The average molecular weight is 426 g/mol. The number of carbonyl (C=O) groups is 2. The van der Waals surface area contributed by atoms with Crippen molar-refractivity contribution < 1.29 is 18.7 Å². The van der Waals surface area contributed by atoms with Crippen LogP contribution in [0.4, 0.5) is 20.6 Å². The molecular weight excluding hydrogens is 403 g/mol. The van der Waals surface area contributed by atoms with Crippen LogP contribution >= 0.6 is 0 Å². The summed E-state index contributed by atoms with van der Waals surface area (Å²) in [5.41, 5.74) is 1.93. The Balaban J connectivity index is 1.76. The zero-order chi connectivity index (χ0) is 22.4. The van der Waals surface area contributed by atoms with E-state index in [0.717, 1.165) is 5.56 Å².